The molecule has 0 saturated carbocycles. The minimum absolute atomic E-state index is 0.0589. The Morgan fingerprint density at radius 1 is 1.25 bits per heavy atom. The minimum atomic E-state index is -0.776. The van der Waals surface area contributed by atoms with E-state index in [0.717, 1.165) is 3.57 Å². The SMILES string of the molecule is COC(=O)c1c(N)c2ccc(Br)nc2n(-c2ccc(I)cc2)c1=O. The normalized spacial score (nSPS) is 10.8. The molecule has 0 bridgehead atoms. The Hall–Kier alpha value is -1.94. The highest BCUT2D eigenvalue weighted by Gasteiger charge is 2.23. The monoisotopic (exact) mass is 499 g/mol. The number of anilines is 1. The van der Waals surface area contributed by atoms with E-state index >= 15 is 0 Å². The summed E-state index contributed by atoms with van der Waals surface area (Å²) in [5.41, 5.74) is 6.28. The third kappa shape index (κ3) is 2.80. The van der Waals surface area contributed by atoms with Crippen molar-refractivity contribution in [1.82, 2.24) is 9.55 Å². The number of nitrogens with zero attached hydrogens (tertiary/aromatic N) is 2. The number of esters is 1. The van der Waals surface area contributed by atoms with Gasteiger partial charge < -0.3 is 10.5 Å². The summed E-state index contributed by atoms with van der Waals surface area (Å²) < 4.78 is 7.65. The van der Waals surface area contributed by atoms with Gasteiger partial charge >= 0.3 is 5.97 Å². The van der Waals surface area contributed by atoms with Crippen molar-refractivity contribution in [3.63, 3.8) is 0 Å². The van der Waals surface area contributed by atoms with E-state index in [-0.39, 0.29) is 11.3 Å². The standard InChI is InChI=1S/C16H11BrIN3O3/c1-24-16(23)12-13(19)10-6-7-11(17)20-14(10)21(15(12)22)9-4-2-8(18)3-5-9/h2-7H,19H2,1H3. The Labute approximate surface area is 158 Å². The van der Waals surface area contributed by atoms with Crippen molar-refractivity contribution in [2.45, 2.75) is 0 Å². The summed E-state index contributed by atoms with van der Waals surface area (Å²) in [6.45, 7) is 0. The Balaban J connectivity index is 2.50. The van der Waals surface area contributed by atoms with Crippen LogP contribution in [0.25, 0.3) is 16.7 Å². The fourth-order valence-corrected chi connectivity index (χ4v) is 3.05. The van der Waals surface area contributed by atoms with E-state index in [9.17, 15) is 9.59 Å². The van der Waals surface area contributed by atoms with Crippen molar-refractivity contribution < 1.29 is 9.53 Å². The third-order valence-electron chi connectivity index (χ3n) is 3.50. The zero-order valence-corrected chi connectivity index (χ0v) is 16.2. The second kappa shape index (κ2) is 6.52. The molecule has 6 nitrogen and oxygen atoms in total. The number of hydrogen-bond acceptors (Lipinski definition) is 5. The van der Waals surface area contributed by atoms with Crippen LogP contribution in [0.15, 0.2) is 45.8 Å². The van der Waals surface area contributed by atoms with Gasteiger partial charge in [-0.3, -0.25) is 9.36 Å². The minimum Gasteiger partial charge on any atom is -0.465 e. The molecular formula is C16H11BrIN3O3. The van der Waals surface area contributed by atoms with Crippen LogP contribution >= 0.6 is 38.5 Å². The van der Waals surface area contributed by atoms with Crippen LogP contribution in [0.5, 0.6) is 0 Å². The number of benzene rings is 1. The van der Waals surface area contributed by atoms with Crippen molar-refractivity contribution in [2.75, 3.05) is 12.8 Å². The van der Waals surface area contributed by atoms with Gasteiger partial charge in [0.15, 0.2) is 5.65 Å². The molecule has 0 aliphatic heterocycles. The molecule has 0 aliphatic carbocycles. The molecule has 3 aromatic rings. The van der Waals surface area contributed by atoms with E-state index in [1.165, 1.54) is 11.7 Å². The van der Waals surface area contributed by atoms with Crippen molar-refractivity contribution in [1.29, 1.82) is 0 Å². The maximum absolute atomic E-state index is 12.9. The fourth-order valence-electron chi connectivity index (χ4n) is 2.39. The number of fused-ring (bicyclic) bond motifs is 1. The molecule has 0 spiro atoms. The molecule has 1 aromatic carbocycles. The van der Waals surface area contributed by atoms with Crippen LogP contribution < -0.4 is 11.3 Å². The molecule has 0 aliphatic rings. The third-order valence-corrected chi connectivity index (χ3v) is 4.66. The van der Waals surface area contributed by atoms with Gasteiger partial charge in [-0.1, -0.05) is 0 Å². The first kappa shape index (κ1) is 16.9. The highest BCUT2D eigenvalue weighted by atomic mass is 127. The van der Waals surface area contributed by atoms with Crippen molar-refractivity contribution in [3.05, 3.63) is 60.5 Å². The van der Waals surface area contributed by atoms with E-state index < -0.39 is 11.5 Å². The Bertz CT molecular complexity index is 1020. The Morgan fingerprint density at radius 2 is 1.92 bits per heavy atom. The van der Waals surface area contributed by atoms with Gasteiger partial charge in [-0.15, -0.1) is 0 Å². The molecule has 0 unspecified atom stereocenters. The van der Waals surface area contributed by atoms with Crippen LogP contribution in [-0.4, -0.2) is 22.6 Å². The van der Waals surface area contributed by atoms with Crippen molar-refractivity contribution >= 4 is 61.2 Å². The lowest BCUT2D eigenvalue weighted by Gasteiger charge is -2.14. The number of hydrogen-bond donors (Lipinski definition) is 1. The lowest BCUT2D eigenvalue weighted by atomic mass is 10.1. The first-order chi connectivity index (χ1) is 11.4. The molecule has 122 valence electrons. The summed E-state index contributed by atoms with van der Waals surface area (Å²) in [7, 11) is 1.21. The summed E-state index contributed by atoms with van der Waals surface area (Å²) in [6.07, 6.45) is 0. The van der Waals surface area contributed by atoms with Gasteiger partial charge in [-0.2, -0.15) is 0 Å². The largest absolute Gasteiger partial charge is 0.465 e. The van der Waals surface area contributed by atoms with Crippen LogP contribution in [0.3, 0.4) is 0 Å². The fraction of sp³-hybridized carbons (Fsp3) is 0.0625. The van der Waals surface area contributed by atoms with E-state index in [4.69, 9.17) is 10.5 Å². The average molecular weight is 500 g/mol. The van der Waals surface area contributed by atoms with Gasteiger partial charge in [0.25, 0.3) is 5.56 Å². The van der Waals surface area contributed by atoms with E-state index in [1.54, 1.807) is 24.3 Å². The summed E-state index contributed by atoms with van der Waals surface area (Å²) in [4.78, 5) is 29.4. The van der Waals surface area contributed by atoms with E-state index in [2.05, 4.69) is 43.5 Å². The number of carbonyl (C=O) groups is 1. The summed E-state index contributed by atoms with van der Waals surface area (Å²) >= 11 is 5.47. The molecule has 0 amide bonds. The predicted molar refractivity (Wildman–Crippen MR) is 104 cm³/mol. The predicted octanol–water partition coefficient (Wildman–Crippen LogP) is 3.12. The number of pyridine rings is 2. The first-order valence-corrected chi connectivity index (χ1v) is 8.66. The Morgan fingerprint density at radius 3 is 2.54 bits per heavy atom. The molecule has 0 atom stereocenters. The number of methoxy groups -OCH3 is 1. The highest BCUT2D eigenvalue weighted by molar-refractivity contribution is 14.1. The molecule has 0 fully saturated rings. The molecule has 0 radical (unpaired) electrons. The number of nitrogens with two attached hydrogens (primary N) is 1. The number of rotatable bonds is 2. The molecule has 2 N–H and O–H groups in total. The van der Waals surface area contributed by atoms with E-state index in [0.29, 0.717) is 21.3 Å². The molecule has 8 heteroatoms. The zero-order valence-electron chi connectivity index (χ0n) is 12.4. The number of halogens is 2. The van der Waals surface area contributed by atoms with E-state index in [1.807, 2.05) is 12.1 Å². The maximum atomic E-state index is 12.9. The number of carbonyl (C=O) groups excluding carboxylic acids is 1. The lowest BCUT2D eigenvalue weighted by molar-refractivity contribution is 0.0600. The van der Waals surface area contributed by atoms with Crippen molar-refractivity contribution in [2.24, 2.45) is 0 Å². The van der Waals surface area contributed by atoms with Gasteiger partial charge in [0, 0.05) is 8.96 Å². The first-order valence-electron chi connectivity index (χ1n) is 6.79. The second-order valence-electron chi connectivity index (χ2n) is 4.90. The van der Waals surface area contributed by atoms with Crippen LogP contribution in [0, 0.1) is 3.57 Å². The molecule has 2 heterocycles. The van der Waals surface area contributed by atoms with Gasteiger partial charge in [0.1, 0.15) is 10.2 Å². The lowest BCUT2D eigenvalue weighted by Crippen LogP contribution is -2.28. The summed E-state index contributed by atoms with van der Waals surface area (Å²) in [6, 6.07) is 10.7. The van der Waals surface area contributed by atoms with Crippen LogP contribution in [0.2, 0.25) is 0 Å². The summed E-state index contributed by atoms with van der Waals surface area (Å²) in [5.74, 6) is -0.776. The van der Waals surface area contributed by atoms with Crippen LogP contribution in [0.4, 0.5) is 5.69 Å². The number of aromatic nitrogens is 2. The zero-order chi connectivity index (χ0) is 17.4. The molecule has 24 heavy (non-hydrogen) atoms. The van der Waals surface area contributed by atoms with Gasteiger partial charge in [0.2, 0.25) is 0 Å². The van der Waals surface area contributed by atoms with Gasteiger partial charge in [-0.25, -0.2) is 9.78 Å². The number of nitrogen functional groups attached to an aromatic ring is 1. The smallest absolute Gasteiger partial charge is 0.345 e. The Kier molecular flexibility index (Phi) is 4.59. The maximum Gasteiger partial charge on any atom is 0.345 e. The average Bonchev–Trinajstić information content (AvgIpc) is 2.56. The number of ether oxygens (including phenoxy) is 1. The highest BCUT2D eigenvalue weighted by Crippen LogP contribution is 2.25. The molecule has 0 saturated heterocycles. The van der Waals surface area contributed by atoms with Crippen LogP contribution in [0.1, 0.15) is 10.4 Å². The quantitative estimate of drug-likeness (QED) is 0.332. The van der Waals surface area contributed by atoms with Gasteiger partial charge in [0.05, 0.1) is 18.5 Å². The van der Waals surface area contributed by atoms with Crippen molar-refractivity contribution in [3.8, 4) is 5.69 Å². The molecule has 2 aromatic heterocycles. The van der Waals surface area contributed by atoms with Crippen LogP contribution in [-0.2, 0) is 4.74 Å². The second-order valence-corrected chi connectivity index (χ2v) is 6.96. The summed E-state index contributed by atoms with van der Waals surface area (Å²) in [5, 5.41) is 0.497. The molecule has 3 rings (SSSR count). The van der Waals surface area contributed by atoms with Gasteiger partial charge in [-0.05, 0) is 74.9 Å². The topological polar surface area (TPSA) is 87.2 Å². The molecular weight excluding hydrogens is 489 g/mol.